The zero-order valence-electron chi connectivity index (χ0n) is 12.8. The molecule has 1 fully saturated rings. The molecule has 0 N–H and O–H groups in total. The van der Waals surface area contributed by atoms with E-state index in [1.54, 1.807) is 6.20 Å². The van der Waals surface area contributed by atoms with Gasteiger partial charge < -0.3 is 4.74 Å². The lowest BCUT2D eigenvalue weighted by Crippen LogP contribution is -1.97. The zero-order chi connectivity index (χ0) is 15.6. The molecular formula is C17H16N4OS. The Hall–Kier alpha value is -2.34. The fourth-order valence-electron chi connectivity index (χ4n) is 2.26. The van der Waals surface area contributed by atoms with Gasteiger partial charge in [-0.3, -0.25) is 9.97 Å². The van der Waals surface area contributed by atoms with Crippen LogP contribution in [0.1, 0.15) is 29.1 Å². The second-order valence-corrected chi connectivity index (χ2v) is 6.49. The molecular weight excluding hydrogens is 308 g/mol. The molecule has 0 radical (unpaired) electrons. The monoisotopic (exact) mass is 324 g/mol. The average molecular weight is 324 g/mol. The van der Waals surface area contributed by atoms with Crippen molar-refractivity contribution in [2.75, 3.05) is 0 Å². The summed E-state index contributed by atoms with van der Waals surface area (Å²) in [5, 5.41) is 0.942. The minimum absolute atomic E-state index is 0.372. The van der Waals surface area contributed by atoms with Gasteiger partial charge in [0.1, 0.15) is 16.5 Å². The summed E-state index contributed by atoms with van der Waals surface area (Å²) in [6.07, 6.45) is 6.90. The molecule has 0 aliphatic heterocycles. The molecule has 0 atom stereocenters. The van der Waals surface area contributed by atoms with Gasteiger partial charge in [0.05, 0.1) is 11.8 Å². The van der Waals surface area contributed by atoms with Gasteiger partial charge in [-0.15, -0.1) is 0 Å². The van der Waals surface area contributed by atoms with Gasteiger partial charge in [-0.25, -0.2) is 4.98 Å². The highest BCUT2D eigenvalue weighted by Gasteiger charge is 2.23. The van der Waals surface area contributed by atoms with Crippen molar-refractivity contribution in [3.8, 4) is 17.3 Å². The first-order valence-corrected chi connectivity index (χ1v) is 8.41. The van der Waals surface area contributed by atoms with Crippen LogP contribution in [0.5, 0.6) is 5.75 Å². The highest BCUT2D eigenvalue weighted by molar-refractivity contribution is 7.05. The lowest BCUT2D eigenvalue weighted by Gasteiger charge is -2.04. The second-order valence-electron chi connectivity index (χ2n) is 5.65. The summed E-state index contributed by atoms with van der Waals surface area (Å²) in [5.41, 5.74) is 2.96. The number of hydrogen-bond donors (Lipinski definition) is 0. The lowest BCUT2D eigenvalue weighted by atomic mass is 10.2. The Morgan fingerprint density at radius 1 is 1.22 bits per heavy atom. The number of ether oxygens (including phenoxy) is 1. The van der Waals surface area contributed by atoms with Crippen LogP contribution in [0.15, 0.2) is 36.7 Å². The van der Waals surface area contributed by atoms with Gasteiger partial charge in [-0.05, 0) is 49.0 Å². The van der Waals surface area contributed by atoms with E-state index in [0.717, 1.165) is 35.0 Å². The molecule has 1 aliphatic carbocycles. The molecule has 0 aromatic carbocycles. The number of aryl methyl sites for hydroxylation is 1. The normalized spacial score (nSPS) is 14.0. The van der Waals surface area contributed by atoms with Crippen LogP contribution < -0.4 is 4.74 Å². The van der Waals surface area contributed by atoms with Crippen molar-refractivity contribution < 1.29 is 4.74 Å². The third-order valence-electron chi connectivity index (χ3n) is 3.69. The topological polar surface area (TPSA) is 60.8 Å². The first-order valence-electron chi connectivity index (χ1n) is 7.64. The van der Waals surface area contributed by atoms with Gasteiger partial charge in [0.25, 0.3) is 0 Å². The van der Waals surface area contributed by atoms with E-state index in [0.29, 0.717) is 18.3 Å². The van der Waals surface area contributed by atoms with Crippen LogP contribution >= 0.6 is 11.5 Å². The minimum atomic E-state index is 0.372. The maximum atomic E-state index is 5.80. The maximum Gasteiger partial charge on any atom is 0.191 e. The Morgan fingerprint density at radius 3 is 2.96 bits per heavy atom. The van der Waals surface area contributed by atoms with Crippen molar-refractivity contribution in [1.82, 2.24) is 19.3 Å². The summed E-state index contributed by atoms with van der Waals surface area (Å²) in [5.74, 6) is 1.49. The number of pyridine rings is 2. The standard InChI is InChI=1S/C17H16N4OS/c1-11-3-2-7-18-14(11)10-16-20-17(21-23-16)15-9-13(6-8-19-15)22-12-4-5-12/h2-3,6-9,12H,4-5,10H2,1H3. The number of nitrogens with zero attached hydrogens (tertiary/aromatic N) is 4. The smallest absolute Gasteiger partial charge is 0.191 e. The predicted octanol–water partition coefficient (Wildman–Crippen LogP) is 3.44. The van der Waals surface area contributed by atoms with Crippen LogP contribution in [0.4, 0.5) is 0 Å². The molecule has 0 spiro atoms. The Bertz CT molecular complexity index is 829. The fourth-order valence-corrected chi connectivity index (χ4v) is 2.92. The molecule has 4 rings (SSSR count). The van der Waals surface area contributed by atoms with E-state index in [-0.39, 0.29) is 0 Å². The van der Waals surface area contributed by atoms with Crippen LogP contribution in [0.2, 0.25) is 0 Å². The molecule has 5 nitrogen and oxygen atoms in total. The van der Waals surface area contributed by atoms with Gasteiger partial charge in [-0.1, -0.05) is 6.07 Å². The van der Waals surface area contributed by atoms with Crippen LogP contribution in [0.25, 0.3) is 11.5 Å². The van der Waals surface area contributed by atoms with E-state index in [1.165, 1.54) is 17.1 Å². The number of aromatic nitrogens is 4. The van der Waals surface area contributed by atoms with Crippen LogP contribution in [0, 0.1) is 6.92 Å². The molecule has 0 bridgehead atoms. The Morgan fingerprint density at radius 2 is 2.13 bits per heavy atom. The van der Waals surface area contributed by atoms with Crippen molar-refractivity contribution in [3.05, 3.63) is 52.9 Å². The lowest BCUT2D eigenvalue weighted by molar-refractivity contribution is 0.303. The Balaban J connectivity index is 1.54. The molecule has 0 unspecified atom stereocenters. The van der Waals surface area contributed by atoms with Crippen molar-refractivity contribution in [2.24, 2.45) is 0 Å². The summed E-state index contributed by atoms with van der Waals surface area (Å²) in [6.45, 7) is 2.06. The highest BCUT2D eigenvalue weighted by Crippen LogP contribution is 2.28. The molecule has 1 saturated carbocycles. The maximum absolute atomic E-state index is 5.80. The molecule has 0 saturated heterocycles. The first kappa shape index (κ1) is 14.3. The van der Waals surface area contributed by atoms with Gasteiger partial charge in [0, 0.05) is 24.9 Å². The van der Waals surface area contributed by atoms with Crippen LogP contribution in [-0.4, -0.2) is 25.4 Å². The molecule has 1 aliphatic rings. The fraction of sp³-hybridized carbons (Fsp3) is 0.294. The van der Waals surface area contributed by atoms with E-state index >= 15 is 0 Å². The molecule has 23 heavy (non-hydrogen) atoms. The van der Waals surface area contributed by atoms with E-state index in [1.807, 2.05) is 24.4 Å². The van der Waals surface area contributed by atoms with Gasteiger partial charge >= 0.3 is 0 Å². The molecule has 3 aromatic rings. The molecule has 3 heterocycles. The van der Waals surface area contributed by atoms with E-state index in [4.69, 9.17) is 4.74 Å². The molecule has 116 valence electrons. The van der Waals surface area contributed by atoms with Crippen LogP contribution in [0.3, 0.4) is 0 Å². The zero-order valence-corrected chi connectivity index (χ0v) is 13.6. The summed E-state index contributed by atoms with van der Waals surface area (Å²) >= 11 is 1.40. The molecule has 6 heteroatoms. The largest absolute Gasteiger partial charge is 0.490 e. The van der Waals surface area contributed by atoms with Crippen molar-refractivity contribution >= 4 is 11.5 Å². The third kappa shape index (κ3) is 3.37. The predicted molar refractivity (Wildman–Crippen MR) is 88.6 cm³/mol. The van der Waals surface area contributed by atoms with Gasteiger partial charge in [-0.2, -0.15) is 4.37 Å². The average Bonchev–Trinajstić information content (AvgIpc) is 3.25. The Labute approximate surface area is 138 Å². The molecule has 0 amide bonds. The van der Waals surface area contributed by atoms with Gasteiger partial charge in [0.2, 0.25) is 0 Å². The Kier molecular flexibility index (Phi) is 3.75. The van der Waals surface area contributed by atoms with E-state index in [2.05, 4.69) is 32.3 Å². The number of rotatable bonds is 5. The molecule has 3 aromatic heterocycles. The van der Waals surface area contributed by atoms with Crippen molar-refractivity contribution in [3.63, 3.8) is 0 Å². The summed E-state index contributed by atoms with van der Waals surface area (Å²) in [6, 6.07) is 7.80. The van der Waals surface area contributed by atoms with Gasteiger partial charge in [0.15, 0.2) is 5.82 Å². The summed E-state index contributed by atoms with van der Waals surface area (Å²) < 4.78 is 10.2. The van der Waals surface area contributed by atoms with Crippen molar-refractivity contribution in [1.29, 1.82) is 0 Å². The minimum Gasteiger partial charge on any atom is -0.490 e. The summed E-state index contributed by atoms with van der Waals surface area (Å²) in [7, 11) is 0. The highest BCUT2D eigenvalue weighted by atomic mass is 32.1. The first-order chi connectivity index (χ1) is 11.3. The second kappa shape index (κ2) is 6.04. The SMILES string of the molecule is Cc1cccnc1Cc1nc(-c2cc(OC3CC3)ccn2)ns1. The van der Waals surface area contributed by atoms with E-state index < -0.39 is 0 Å². The quantitative estimate of drug-likeness (QED) is 0.719. The van der Waals surface area contributed by atoms with E-state index in [9.17, 15) is 0 Å². The third-order valence-corrected chi connectivity index (χ3v) is 4.40. The number of hydrogen-bond acceptors (Lipinski definition) is 6. The summed E-state index contributed by atoms with van der Waals surface area (Å²) in [4.78, 5) is 13.4. The van der Waals surface area contributed by atoms with Crippen molar-refractivity contribution in [2.45, 2.75) is 32.3 Å². The van der Waals surface area contributed by atoms with Crippen LogP contribution in [-0.2, 0) is 6.42 Å².